The monoisotopic (exact) mass is 250 g/mol. The lowest BCUT2D eigenvalue weighted by molar-refractivity contribution is 0.0936. The summed E-state index contributed by atoms with van der Waals surface area (Å²) in [6, 6.07) is 7.40. The van der Waals surface area contributed by atoms with Gasteiger partial charge in [-0.3, -0.25) is 4.79 Å². The molecule has 0 spiro atoms. The Kier molecular flexibility index (Phi) is 3.69. The van der Waals surface area contributed by atoms with E-state index in [0.717, 1.165) is 0 Å². The van der Waals surface area contributed by atoms with Crippen molar-refractivity contribution >= 4 is 5.91 Å². The predicted octanol–water partition coefficient (Wildman–Crippen LogP) is 1.20. The molecule has 0 radical (unpaired) electrons. The molecule has 6 heteroatoms. The first-order valence-corrected chi connectivity index (χ1v) is 5.33. The Bertz CT molecular complexity index is 554. The molecule has 0 unspecified atom stereocenters. The lowest BCUT2D eigenvalue weighted by atomic mass is 10.1. The fraction of sp³-hybridized carbons (Fsp3) is 0.167. The highest BCUT2D eigenvalue weighted by Gasteiger charge is 2.15. The van der Waals surface area contributed by atoms with Crippen molar-refractivity contribution in [1.82, 2.24) is 10.5 Å². The molecule has 0 aliphatic carbocycles. The third-order valence-corrected chi connectivity index (χ3v) is 2.28. The third kappa shape index (κ3) is 2.54. The van der Waals surface area contributed by atoms with Crippen molar-refractivity contribution in [1.29, 1.82) is 0 Å². The second-order valence-electron chi connectivity index (χ2n) is 3.54. The van der Waals surface area contributed by atoms with Gasteiger partial charge in [-0.25, -0.2) is 4.39 Å². The molecule has 1 aromatic heterocycles. The molecular formula is C12H11FN2O3. The first kappa shape index (κ1) is 12.3. The molecule has 0 aliphatic rings. The second kappa shape index (κ2) is 5.42. The smallest absolute Gasteiger partial charge is 0.273 e. The predicted molar refractivity (Wildman–Crippen MR) is 61.3 cm³/mol. The van der Waals surface area contributed by atoms with E-state index in [0.29, 0.717) is 0 Å². The molecule has 1 heterocycles. The first-order valence-electron chi connectivity index (χ1n) is 5.33. The largest absolute Gasteiger partial charge is 0.395 e. The van der Waals surface area contributed by atoms with Crippen molar-refractivity contribution in [3.05, 3.63) is 41.8 Å². The fourth-order valence-electron chi connectivity index (χ4n) is 1.43. The molecule has 2 N–H and O–H groups in total. The van der Waals surface area contributed by atoms with E-state index >= 15 is 0 Å². The molecule has 0 saturated heterocycles. The Morgan fingerprint density at radius 1 is 1.44 bits per heavy atom. The maximum atomic E-state index is 13.5. The summed E-state index contributed by atoms with van der Waals surface area (Å²) in [5, 5.41) is 14.5. The summed E-state index contributed by atoms with van der Waals surface area (Å²) in [7, 11) is 0. The van der Waals surface area contributed by atoms with Gasteiger partial charge in [0.25, 0.3) is 5.91 Å². The van der Waals surface area contributed by atoms with Gasteiger partial charge in [0.2, 0.25) is 0 Å². The Balaban J connectivity index is 2.21. The normalized spacial score (nSPS) is 10.3. The topological polar surface area (TPSA) is 75.4 Å². The van der Waals surface area contributed by atoms with Gasteiger partial charge in [-0.15, -0.1) is 0 Å². The highest BCUT2D eigenvalue weighted by atomic mass is 19.1. The molecule has 0 saturated carbocycles. The van der Waals surface area contributed by atoms with Crippen LogP contribution in [0.4, 0.5) is 4.39 Å². The minimum atomic E-state index is -0.476. The highest BCUT2D eigenvalue weighted by Crippen LogP contribution is 2.22. The summed E-state index contributed by atoms with van der Waals surface area (Å²) in [6.07, 6.45) is 0. The Labute approximate surface area is 102 Å². The van der Waals surface area contributed by atoms with Gasteiger partial charge in [0.05, 0.1) is 12.2 Å². The molecule has 0 fully saturated rings. The number of nitrogens with zero attached hydrogens (tertiary/aromatic N) is 1. The number of carbonyl (C=O) groups is 1. The van der Waals surface area contributed by atoms with E-state index in [9.17, 15) is 9.18 Å². The van der Waals surface area contributed by atoms with Crippen LogP contribution in [-0.2, 0) is 0 Å². The summed E-state index contributed by atoms with van der Waals surface area (Å²) in [4.78, 5) is 11.5. The van der Waals surface area contributed by atoms with E-state index in [1.807, 2.05) is 0 Å². The van der Waals surface area contributed by atoms with Crippen LogP contribution in [0.2, 0.25) is 0 Å². The van der Waals surface area contributed by atoms with Crippen molar-refractivity contribution in [3.63, 3.8) is 0 Å². The number of rotatable bonds is 4. The van der Waals surface area contributed by atoms with E-state index in [1.54, 1.807) is 12.1 Å². The lowest BCUT2D eigenvalue weighted by Crippen LogP contribution is -2.26. The number of carbonyl (C=O) groups excluding carboxylic acids is 1. The van der Waals surface area contributed by atoms with E-state index in [-0.39, 0.29) is 30.2 Å². The van der Waals surface area contributed by atoms with E-state index in [4.69, 9.17) is 9.63 Å². The molecular weight excluding hydrogens is 239 g/mol. The van der Waals surface area contributed by atoms with Gasteiger partial charge in [0.1, 0.15) is 5.82 Å². The quantitative estimate of drug-likeness (QED) is 0.855. The number of benzene rings is 1. The number of aliphatic hydroxyl groups is 1. The zero-order valence-corrected chi connectivity index (χ0v) is 9.39. The summed E-state index contributed by atoms with van der Waals surface area (Å²) in [5.41, 5.74) is 0.285. The van der Waals surface area contributed by atoms with Crippen molar-refractivity contribution in [2.75, 3.05) is 13.2 Å². The van der Waals surface area contributed by atoms with Gasteiger partial charge in [0, 0.05) is 12.6 Å². The summed E-state index contributed by atoms with van der Waals surface area (Å²) in [5.74, 6) is -0.742. The summed E-state index contributed by atoms with van der Waals surface area (Å²) in [6.45, 7) is -0.0372. The molecule has 1 amide bonds. The lowest BCUT2D eigenvalue weighted by Gasteiger charge is -1.97. The van der Waals surface area contributed by atoms with Crippen molar-refractivity contribution in [3.8, 4) is 11.3 Å². The molecule has 1 aromatic carbocycles. The van der Waals surface area contributed by atoms with Crippen LogP contribution in [0.25, 0.3) is 11.3 Å². The van der Waals surface area contributed by atoms with Gasteiger partial charge in [0.15, 0.2) is 11.5 Å². The fourth-order valence-corrected chi connectivity index (χ4v) is 1.43. The van der Waals surface area contributed by atoms with E-state index in [2.05, 4.69) is 10.5 Å². The Morgan fingerprint density at radius 2 is 2.22 bits per heavy atom. The van der Waals surface area contributed by atoms with Crippen LogP contribution in [0.15, 0.2) is 34.9 Å². The van der Waals surface area contributed by atoms with Crippen molar-refractivity contribution < 1.29 is 18.8 Å². The van der Waals surface area contributed by atoms with Crippen LogP contribution in [0, 0.1) is 5.82 Å². The zero-order valence-electron chi connectivity index (χ0n) is 9.39. The molecule has 0 bridgehead atoms. The third-order valence-electron chi connectivity index (χ3n) is 2.28. The molecule has 5 nitrogen and oxygen atoms in total. The van der Waals surface area contributed by atoms with Gasteiger partial charge < -0.3 is 14.9 Å². The summed E-state index contributed by atoms with van der Waals surface area (Å²) >= 11 is 0. The molecule has 2 rings (SSSR count). The Morgan fingerprint density at radius 3 is 2.94 bits per heavy atom. The molecule has 0 atom stereocenters. The second-order valence-corrected chi connectivity index (χ2v) is 3.54. The minimum absolute atomic E-state index is 0.0432. The molecule has 18 heavy (non-hydrogen) atoms. The number of halogens is 1. The van der Waals surface area contributed by atoms with Crippen LogP contribution in [0.1, 0.15) is 10.5 Å². The minimum Gasteiger partial charge on any atom is -0.395 e. The van der Waals surface area contributed by atoms with Crippen LogP contribution in [-0.4, -0.2) is 29.3 Å². The standard InChI is InChI=1S/C12H11FN2O3/c13-9-4-2-1-3-8(9)11-7-10(15-18-11)12(17)14-5-6-16/h1-4,7,16H,5-6H2,(H,14,17). The SMILES string of the molecule is O=C(NCCO)c1cc(-c2ccccc2F)on1. The number of aliphatic hydroxyl groups excluding tert-OH is 1. The van der Waals surface area contributed by atoms with E-state index < -0.39 is 11.7 Å². The van der Waals surface area contributed by atoms with Crippen molar-refractivity contribution in [2.24, 2.45) is 0 Å². The van der Waals surface area contributed by atoms with Gasteiger partial charge in [-0.1, -0.05) is 17.3 Å². The number of aromatic nitrogens is 1. The molecule has 94 valence electrons. The van der Waals surface area contributed by atoms with Crippen LogP contribution in [0.3, 0.4) is 0 Å². The van der Waals surface area contributed by atoms with Gasteiger partial charge in [-0.2, -0.15) is 0 Å². The summed E-state index contributed by atoms with van der Waals surface area (Å²) < 4.78 is 18.4. The van der Waals surface area contributed by atoms with E-state index in [1.165, 1.54) is 18.2 Å². The van der Waals surface area contributed by atoms with Gasteiger partial charge in [-0.05, 0) is 12.1 Å². The first-order chi connectivity index (χ1) is 8.72. The van der Waals surface area contributed by atoms with Gasteiger partial charge >= 0.3 is 0 Å². The number of amides is 1. The number of hydrogen-bond acceptors (Lipinski definition) is 4. The average molecular weight is 250 g/mol. The maximum Gasteiger partial charge on any atom is 0.273 e. The Hall–Kier alpha value is -2.21. The molecule has 0 aliphatic heterocycles. The maximum absolute atomic E-state index is 13.5. The van der Waals surface area contributed by atoms with Crippen molar-refractivity contribution in [2.45, 2.75) is 0 Å². The average Bonchev–Trinajstić information content (AvgIpc) is 2.86. The number of nitrogens with one attached hydrogen (secondary N) is 1. The van der Waals surface area contributed by atoms with Crippen LogP contribution < -0.4 is 5.32 Å². The van der Waals surface area contributed by atoms with Crippen LogP contribution in [0.5, 0.6) is 0 Å². The molecule has 2 aromatic rings. The zero-order chi connectivity index (χ0) is 13.0. The number of hydrogen-bond donors (Lipinski definition) is 2. The highest BCUT2D eigenvalue weighted by molar-refractivity contribution is 5.93. The van der Waals surface area contributed by atoms with Crippen LogP contribution >= 0.6 is 0 Å².